The highest BCUT2D eigenvalue weighted by molar-refractivity contribution is 8.01. The predicted molar refractivity (Wildman–Crippen MR) is 122 cm³/mol. The van der Waals surface area contributed by atoms with Crippen LogP contribution in [0.15, 0.2) is 29.2 Å². The highest BCUT2D eigenvalue weighted by Crippen LogP contribution is 2.27. The Morgan fingerprint density at radius 1 is 1.21 bits per heavy atom. The highest BCUT2D eigenvalue weighted by Gasteiger charge is 2.21. The molecule has 1 aromatic rings. The Bertz CT molecular complexity index is 652. The lowest BCUT2D eigenvalue weighted by Crippen LogP contribution is -2.39. The number of allylic oxidation sites excluding steroid dienone is 2. The first-order valence-electron chi connectivity index (χ1n) is 10.2. The van der Waals surface area contributed by atoms with Gasteiger partial charge in [0.25, 0.3) is 0 Å². The molecule has 0 aromatic heterocycles. The van der Waals surface area contributed by atoms with Crippen LogP contribution in [0.2, 0.25) is 0 Å². The van der Waals surface area contributed by atoms with Crippen LogP contribution in [0.4, 0.5) is 5.69 Å². The fourth-order valence-corrected chi connectivity index (χ4v) is 3.95. The zero-order chi connectivity index (χ0) is 21.6. The summed E-state index contributed by atoms with van der Waals surface area (Å²) in [4.78, 5) is 3.04. The molecule has 0 amide bonds. The second-order valence-corrected chi connectivity index (χ2v) is 7.79. The van der Waals surface area contributed by atoms with Crippen LogP contribution >= 0.6 is 11.9 Å². The van der Waals surface area contributed by atoms with Crippen LogP contribution < -0.4 is 9.62 Å². The predicted octanol–water partition coefficient (Wildman–Crippen LogP) is 3.56. The molecule has 1 fully saturated rings. The van der Waals surface area contributed by atoms with Gasteiger partial charge in [-0.25, -0.2) is 0 Å². The van der Waals surface area contributed by atoms with E-state index in [2.05, 4.69) is 53.8 Å². The third-order valence-corrected chi connectivity index (χ3v) is 5.66. The lowest BCUT2D eigenvalue weighted by molar-refractivity contribution is -0.0181. The van der Waals surface area contributed by atoms with Crippen molar-refractivity contribution in [2.24, 2.45) is 0 Å². The number of anilines is 1. The molecule has 2 rings (SSSR count). The average Bonchev–Trinajstić information content (AvgIpc) is 2.75. The Hall–Kier alpha value is -1.56. The topological polar surface area (TPSA) is 88.8 Å². The van der Waals surface area contributed by atoms with Crippen molar-refractivity contribution in [1.29, 1.82) is 5.26 Å². The molecule has 0 aliphatic carbocycles. The molecule has 1 heterocycles. The quantitative estimate of drug-likeness (QED) is 0.415. The minimum Gasteiger partial charge on any atom is -0.400 e. The number of nitrogens with zero attached hydrogens (tertiary/aromatic N) is 2. The van der Waals surface area contributed by atoms with Crippen molar-refractivity contribution in [1.82, 2.24) is 4.72 Å². The third-order valence-electron chi connectivity index (χ3n) is 4.61. The summed E-state index contributed by atoms with van der Waals surface area (Å²) in [7, 11) is 1.00. The lowest BCUT2D eigenvalue weighted by Gasteiger charge is -2.26. The molecule has 0 bridgehead atoms. The zero-order valence-electron chi connectivity index (χ0n) is 18.0. The number of ether oxygens (including phenoxy) is 1. The fraction of sp³-hybridized carbons (Fsp3) is 0.591. The maximum atomic E-state index is 9.68. The minimum atomic E-state index is -0.436. The van der Waals surface area contributed by atoms with E-state index in [0.29, 0.717) is 24.5 Å². The summed E-state index contributed by atoms with van der Waals surface area (Å²) in [5.41, 5.74) is 3.24. The average molecular weight is 422 g/mol. The Labute approximate surface area is 179 Å². The van der Waals surface area contributed by atoms with Gasteiger partial charge in [0.2, 0.25) is 0 Å². The van der Waals surface area contributed by atoms with Crippen LogP contribution in [0.1, 0.15) is 45.6 Å². The monoisotopic (exact) mass is 421 g/mol. The van der Waals surface area contributed by atoms with Gasteiger partial charge in [0, 0.05) is 31.9 Å². The SMILES string of the molecule is CCCN(CCC)c1ccc(/C(C)=C(\C#N)SNC2COCC(O)C2)cc1.CO. The Kier molecular flexibility index (Phi) is 12.7. The maximum Gasteiger partial charge on any atom is 0.108 e. The van der Waals surface area contributed by atoms with Crippen molar-refractivity contribution in [2.45, 2.75) is 52.2 Å². The molecule has 1 aromatic carbocycles. The van der Waals surface area contributed by atoms with Crippen molar-refractivity contribution in [3.8, 4) is 6.07 Å². The number of benzene rings is 1. The van der Waals surface area contributed by atoms with Gasteiger partial charge in [-0.05, 0) is 61.4 Å². The van der Waals surface area contributed by atoms with E-state index in [4.69, 9.17) is 9.84 Å². The summed E-state index contributed by atoms with van der Waals surface area (Å²) < 4.78 is 8.61. The number of hydrogen-bond donors (Lipinski definition) is 3. The largest absolute Gasteiger partial charge is 0.400 e. The number of aliphatic hydroxyl groups excluding tert-OH is 2. The van der Waals surface area contributed by atoms with E-state index in [-0.39, 0.29) is 6.04 Å². The molecule has 1 saturated heterocycles. The van der Waals surface area contributed by atoms with Gasteiger partial charge in [0.1, 0.15) is 11.0 Å². The first-order valence-corrected chi connectivity index (χ1v) is 11.0. The molecule has 7 heteroatoms. The Morgan fingerprint density at radius 2 is 1.83 bits per heavy atom. The van der Waals surface area contributed by atoms with E-state index in [9.17, 15) is 10.4 Å². The molecule has 0 radical (unpaired) electrons. The van der Waals surface area contributed by atoms with E-state index in [1.165, 1.54) is 17.6 Å². The van der Waals surface area contributed by atoms with Gasteiger partial charge < -0.3 is 19.8 Å². The third kappa shape index (κ3) is 8.37. The molecule has 0 spiro atoms. The molecule has 162 valence electrons. The summed E-state index contributed by atoms with van der Waals surface area (Å²) in [6.07, 6.45) is 2.46. The molecular weight excluding hydrogens is 386 g/mol. The number of nitrogens with one attached hydrogen (secondary N) is 1. The van der Waals surface area contributed by atoms with Crippen LogP contribution in [0.5, 0.6) is 0 Å². The number of nitriles is 1. The number of hydrogen-bond acceptors (Lipinski definition) is 7. The molecule has 1 aliphatic rings. The van der Waals surface area contributed by atoms with Gasteiger partial charge in [-0.1, -0.05) is 26.0 Å². The van der Waals surface area contributed by atoms with Crippen molar-refractivity contribution in [2.75, 3.05) is 38.3 Å². The molecule has 6 nitrogen and oxygen atoms in total. The second kappa shape index (κ2) is 14.4. The first kappa shape index (κ1) is 25.5. The van der Waals surface area contributed by atoms with Crippen LogP contribution in [-0.4, -0.2) is 55.8 Å². The lowest BCUT2D eigenvalue weighted by atomic mass is 10.1. The van der Waals surface area contributed by atoms with E-state index >= 15 is 0 Å². The molecular formula is C22H35N3O3S. The molecule has 29 heavy (non-hydrogen) atoms. The molecule has 3 N–H and O–H groups in total. The summed E-state index contributed by atoms with van der Waals surface area (Å²) in [5, 5.41) is 26.2. The Balaban J connectivity index is 0.00000204. The maximum absolute atomic E-state index is 9.68. The van der Waals surface area contributed by atoms with Gasteiger partial charge in [0.05, 0.1) is 19.3 Å². The highest BCUT2D eigenvalue weighted by atomic mass is 32.2. The standard InChI is InChI=1S/C21H31N3O2S.CH4O/c1-4-10-24(11-5-2)19-8-6-17(7-9-19)16(3)21(13-22)27-23-18-12-20(25)15-26-14-18;1-2/h6-9,18,20,23,25H,4-5,10-12,14-15H2,1-3H3;2H,1H3/b21-16+;. The molecule has 0 saturated carbocycles. The van der Waals surface area contributed by atoms with Crippen LogP contribution in [0.3, 0.4) is 0 Å². The van der Waals surface area contributed by atoms with Gasteiger partial charge in [0.15, 0.2) is 0 Å². The van der Waals surface area contributed by atoms with Gasteiger partial charge >= 0.3 is 0 Å². The molecule has 2 unspecified atom stereocenters. The van der Waals surface area contributed by atoms with E-state index in [0.717, 1.165) is 44.2 Å². The normalized spacial score (nSPS) is 19.5. The van der Waals surface area contributed by atoms with Crippen molar-refractivity contribution >= 4 is 23.2 Å². The number of rotatable bonds is 9. The first-order chi connectivity index (χ1) is 14.1. The van der Waals surface area contributed by atoms with Crippen molar-refractivity contribution in [3.63, 3.8) is 0 Å². The van der Waals surface area contributed by atoms with E-state index in [1.807, 2.05) is 6.92 Å². The van der Waals surface area contributed by atoms with Gasteiger partial charge in [-0.2, -0.15) is 5.26 Å². The van der Waals surface area contributed by atoms with Gasteiger partial charge in [-0.15, -0.1) is 0 Å². The van der Waals surface area contributed by atoms with Crippen molar-refractivity contribution in [3.05, 3.63) is 34.7 Å². The number of aliphatic hydroxyl groups is 2. The summed E-state index contributed by atoms with van der Waals surface area (Å²) in [6.45, 7) is 9.43. The molecule has 2 atom stereocenters. The van der Waals surface area contributed by atoms with E-state index < -0.39 is 6.10 Å². The van der Waals surface area contributed by atoms with Crippen LogP contribution in [-0.2, 0) is 4.74 Å². The van der Waals surface area contributed by atoms with Crippen LogP contribution in [0.25, 0.3) is 5.57 Å². The fourth-order valence-electron chi connectivity index (χ4n) is 3.18. The van der Waals surface area contributed by atoms with Gasteiger partial charge in [-0.3, -0.25) is 4.72 Å². The summed E-state index contributed by atoms with van der Waals surface area (Å²) in [6, 6.07) is 10.8. The zero-order valence-corrected chi connectivity index (χ0v) is 18.8. The summed E-state index contributed by atoms with van der Waals surface area (Å²) >= 11 is 1.33. The van der Waals surface area contributed by atoms with E-state index in [1.54, 1.807) is 0 Å². The van der Waals surface area contributed by atoms with Crippen molar-refractivity contribution < 1.29 is 14.9 Å². The van der Waals surface area contributed by atoms with Crippen LogP contribution in [0, 0.1) is 11.3 Å². The minimum absolute atomic E-state index is 0.0499. The second-order valence-electron chi connectivity index (χ2n) is 6.94. The Morgan fingerprint density at radius 3 is 2.34 bits per heavy atom. The smallest absolute Gasteiger partial charge is 0.108 e. The molecule has 1 aliphatic heterocycles. The summed E-state index contributed by atoms with van der Waals surface area (Å²) in [5.74, 6) is 0.